The topological polar surface area (TPSA) is 59.0 Å². The average Bonchev–Trinajstić information content (AvgIpc) is 3.25. The summed E-state index contributed by atoms with van der Waals surface area (Å²) in [6.45, 7) is 1.96. The number of nitrogens with one attached hydrogen (secondary N) is 2. The second kappa shape index (κ2) is 9.13. The normalized spacial score (nSPS) is 15.8. The van der Waals surface area contributed by atoms with Crippen molar-refractivity contribution in [3.8, 4) is 11.4 Å². The van der Waals surface area contributed by atoms with Crippen LogP contribution in [0, 0.1) is 12.7 Å². The number of carbonyl (C=O) groups is 1. The molecule has 5 nitrogen and oxygen atoms in total. The van der Waals surface area contributed by atoms with E-state index in [0.29, 0.717) is 5.52 Å². The first-order valence-corrected chi connectivity index (χ1v) is 9.53. The van der Waals surface area contributed by atoms with Crippen LogP contribution in [0.15, 0.2) is 36.4 Å². The van der Waals surface area contributed by atoms with Gasteiger partial charge < -0.3 is 9.88 Å². The number of hydrogen-bond acceptors (Lipinski definition) is 4. The molecule has 0 saturated carbocycles. The van der Waals surface area contributed by atoms with E-state index in [1.165, 1.54) is 12.1 Å². The third-order valence-corrected chi connectivity index (χ3v) is 5.56. The summed E-state index contributed by atoms with van der Waals surface area (Å²) in [5.41, 5.74) is 4.18. The number of anilines is 1. The van der Waals surface area contributed by atoms with Crippen molar-refractivity contribution in [2.75, 3.05) is 16.9 Å². The number of hydrogen-bond donors (Lipinski definition) is 2. The number of aromatic nitrogens is 2. The van der Waals surface area contributed by atoms with Crippen molar-refractivity contribution in [2.24, 2.45) is 7.05 Å². The Balaban J connectivity index is 0.00000140. The zero-order valence-corrected chi connectivity index (χ0v) is 17.8. The molecule has 150 valence electrons. The van der Waals surface area contributed by atoms with Gasteiger partial charge >= 0.3 is 0 Å². The number of aryl methyl sites for hydroxylation is 2. The summed E-state index contributed by atoms with van der Waals surface area (Å²) in [5.74, 6) is 2.06. The van der Waals surface area contributed by atoms with Gasteiger partial charge in [-0.2, -0.15) is 0 Å². The zero-order valence-electron chi connectivity index (χ0n) is 15.4. The Hall–Kier alpha value is -1.80. The van der Waals surface area contributed by atoms with Crippen molar-refractivity contribution < 1.29 is 9.18 Å². The standard InChI is InChI=1S/C19H19FN4OS.2ClH/c1-11-7-12(3-5-14(11)23-19(25)16-9-26-10-21-16)18-22-15-8-13(20)4-6-17(15)24(18)2;;/h3-8,16,21H,9-10H2,1-2H3,(H,23,25);2*1H. The molecule has 0 spiro atoms. The third kappa shape index (κ3) is 4.27. The SMILES string of the molecule is Cc1cc(-c2nc3cc(F)ccc3n2C)ccc1NC(=O)C1CSCN1.Cl.Cl. The molecule has 0 radical (unpaired) electrons. The Morgan fingerprint density at radius 2 is 2.07 bits per heavy atom. The number of halogens is 3. The van der Waals surface area contributed by atoms with Crippen LogP contribution in [0.3, 0.4) is 0 Å². The molecule has 3 aromatic rings. The van der Waals surface area contributed by atoms with Crippen molar-refractivity contribution >= 4 is 59.2 Å². The van der Waals surface area contributed by atoms with Gasteiger partial charge in [0.15, 0.2) is 0 Å². The summed E-state index contributed by atoms with van der Waals surface area (Å²) in [5, 5.41) is 6.16. The minimum atomic E-state index is -0.296. The van der Waals surface area contributed by atoms with Crippen LogP contribution < -0.4 is 10.6 Å². The average molecular weight is 443 g/mol. The molecule has 1 unspecified atom stereocenters. The predicted octanol–water partition coefficient (Wildman–Crippen LogP) is 4.13. The van der Waals surface area contributed by atoms with Gasteiger partial charge in [0.05, 0.1) is 17.1 Å². The Labute approximate surface area is 179 Å². The fourth-order valence-electron chi connectivity index (χ4n) is 3.16. The number of fused-ring (bicyclic) bond motifs is 1. The molecule has 1 aliphatic rings. The smallest absolute Gasteiger partial charge is 0.242 e. The van der Waals surface area contributed by atoms with Crippen molar-refractivity contribution in [3.05, 3.63) is 47.8 Å². The lowest BCUT2D eigenvalue weighted by Gasteiger charge is -2.13. The molecule has 0 bridgehead atoms. The summed E-state index contributed by atoms with van der Waals surface area (Å²) >= 11 is 1.72. The highest BCUT2D eigenvalue weighted by Crippen LogP contribution is 2.27. The van der Waals surface area contributed by atoms with E-state index < -0.39 is 0 Å². The summed E-state index contributed by atoms with van der Waals surface area (Å²) in [6, 6.07) is 10.3. The lowest BCUT2D eigenvalue weighted by atomic mass is 10.1. The summed E-state index contributed by atoms with van der Waals surface area (Å²) in [7, 11) is 1.91. The molecule has 1 aliphatic heterocycles. The van der Waals surface area contributed by atoms with E-state index in [4.69, 9.17) is 0 Å². The molecule has 1 amide bonds. The molecule has 1 atom stereocenters. The molecular formula is C19H21Cl2FN4OS. The van der Waals surface area contributed by atoms with Gasteiger partial charge in [-0.3, -0.25) is 10.1 Å². The zero-order chi connectivity index (χ0) is 18.3. The molecule has 0 aliphatic carbocycles. The molecule has 4 rings (SSSR count). The predicted molar refractivity (Wildman–Crippen MR) is 118 cm³/mol. The highest BCUT2D eigenvalue weighted by Gasteiger charge is 2.23. The van der Waals surface area contributed by atoms with Gasteiger partial charge in [-0.05, 0) is 42.8 Å². The lowest BCUT2D eigenvalue weighted by Crippen LogP contribution is -2.37. The van der Waals surface area contributed by atoms with Crippen LogP contribution in [0.2, 0.25) is 0 Å². The van der Waals surface area contributed by atoms with E-state index in [2.05, 4.69) is 15.6 Å². The monoisotopic (exact) mass is 442 g/mol. The minimum Gasteiger partial charge on any atom is -0.327 e. The number of rotatable bonds is 3. The summed E-state index contributed by atoms with van der Waals surface area (Å²) in [4.78, 5) is 16.8. The lowest BCUT2D eigenvalue weighted by molar-refractivity contribution is -0.117. The summed E-state index contributed by atoms with van der Waals surface area (Å²) < 4.78 is 15.4. The van der Waals surface area contributed by atoms with E-state index in [1.807, 2.05) is 36.7 Å². The van der Waals surface area contributed by atoms with Gasteiger partial charge in [-0.1, -0.05) is 0 Å². The van der Waals surface area contributed by atoms with Gasteiger partial charge in [0.1, 0.15) is 11.6 Å². The van der Waals surface area contributed by atoms with E-state index in [-0.39, 0.29) is 42.6 Å². The van der Waals surface area contributed by atoms with Crippen LogP contribution in [0.5, 0.6) is 0 Å². The largest absolute Gasteiger partial charge is 0.327 e. The van der Waals surface area contributed by atoms with Crippen LogP contribution in [0.4, 0.5) is 10.1 Å². The van der Waals surface area contributed by atoms with E-state index in [9.17, 15) is 9.18 Å². The second-order valence-corrected chi connectivity index (χ2v) is 7.45. The third-order valence-electron chi connectivity index (χ3n) is 4.62. The molecule has 1 saturated heterocycles. The van der Waals surface area contributed by atoms with E-state index >= 15 is 0 Å². The number of benzene rings is 2. The highest BCUT2D eigenvalue weighted by atomic mass is 35.5. The molecular weight excluding hydrogens is 422 g/mol. The van der Waals surface area contributed by atoms with Gasteiger partial charge in [0.25, 0.3) is 0 Å². The van der Waals surface area contributed by atoms with Gasteiger partial charge in [0, 0.05) is 36.0 Å². The van der Waals surface area contributed by atoms with Crippen molar-refractivity contribution in [3.63, 3.8) is 0 Å². The van der Waals surface area contributed by atoms with Crippen LogP contribution in [0.1, 0.15) is 5.56 Å². The Kier molecular flexibility index (Phi) is 7.33. The second-order valence-electron chi connectivity index (χ2n) is 6.42. The first-order valence-electron chi connectivity index (χ1n) is 8.38. The molecule has 1 fully saturated rings. The quantitative estimate of drug-likeness (QED) is 0.639. The minimum absolute atomic E-state index is 0. The Bertz CT molecular complexity index is 1010. The number of nitrogens with zero attached hydrogens (tertiary/aromatic N) is 2. The molecule has 2 heterocycles. The maximum Gasteiger partial charge on any atom is 0.242 e. The molecule has 1 aromatic heterocycles. The van der Waals surface area contributed by atoms with Crippen LogP contribution in [-0.4, -0.2) is 33.1 Å². The first-order chi connectivity index (χ1) is 12.5. The van der Waals surface area contributed by atoms with Crippen molar-refractivity contribution in [2.45, 2.75) is 13.0 Å². The van der Waals surface area contributed by atoms with Crippen molar-refractivity contribution in [1.82, 2.24) is 14.9 Å². The van der Waals surface area contributed by atoms with Crippen LogP contribution in [0.25, 0.3) is 22.4 Å². The van der Waals surface area contributed by atoms with Gasteiger partial charge in [-0.15, -0.1) is 36.6 Å². The van der Waals surface area contributed by atoms with Gasteiger partial charge in [-0.25, -0.2) is 9.37 Å². The maximum atomic E-state index is 13.5. The Morgan fingerprint density at radius 3 is 2.75 bits per heavy atom. The molecule has 2 N–H and O–H groups in total. The Morgan fingerprint density at radius 1 is 1.29 bits per heavy atom. The highest BCUT2D eigenvalue weighted by molar-refractivity contribution is 7.99. The van der Waals surface area contributed by atoms with Crippen LogP contribution >= 0.6 is 36.6 Å². The van der Waals surface area contributed by atoms with Crippen molar-refractivity contribution in [1.29, 1.82) is 0 Å². The number of carbonyl (C=O) groups excluding carboxylic acids is 1. The van der Waals surface area contributed by atoms with Crippen LogP contribution in [-0.2, 0) is 11.8 Å². The first kappa shape index (κ1) is 22.5. The molecule has 2 aromatic carbocycles. The summed E-state index contributed by atoms with van der Waals surface area (Å²) in [6.07, 6.45) is 0. The number of thioether (sulfide) groups is 1. The van der Waals surface area contributed by atoms with E-state index in [1.54, 1.807) is 17.8 Å². The number of imidazole rings is 1. The molecule has 9 heteroatoms. The fraction of sp³-hybridized carbons (Fsp3) is 0.263. The number of amides is 1. The maximum absolute atomic E-state index is 13.5. The van der Waals surface area contributed by atoms with Gasteiger partial charge in [0.2, 0.25) is 5.91 Å². The van der Waals surface area contributed by atoms with E-state index in [0.717, 1.165) is 39.8 Å². The fourth-order valence-corrected chi connectivity index (χ4v) is 4.10. The molecule has 28 heavy (non-hydrogen) atoms.